The molecule has 2 rings (SSSR count). The molecule has 3 unspecified atom stereocenters. The van der Waals surface area contributed by atoms with Crippen molar-refractivity contribution < 1.29 is 0 Å². The maximum atomic E-state index is 4.57. The molecule has 0 spiro atoms. The van der Waals surface area contributed by atoms with Gasteiger partial charge in [-0.25, -0.2) is 4.98 Å². The first-order valence-electron chi connectivity index (χ1n) is 8.51. The van der Waals surface area contributed by atoms with Gasteiger partial charge in [0, 0.05) is 31.4 Å². The summed E-state index contributed by atoms with van der Waals surface area (Å²) in [6.45, 7) is 8.85. The highest BCUT2D eigenvalue weighted by atomic mass is 15.1. The summed E-state index contributed by atoms with van der Waals surface area (Å²) in [6, 6.07) is 0.599. The number of hydrogen-bond donors (Lipinski definition) is 1. The molecule has 1 aliphatic rings. The quantitative estimate of drug-likeness (QED) is 0.824. The van der Waals surface area contributed by atoms with Crippen molar-refractivity contribution in [1.29, 1.82) is 0 Å². The first-order chi connectivity index (χ1) is 9.78. The van der Waals surface area contributed by atoms with Gasteiger partial charge in [-0.15, -0.1) is 0 Å². The van der Waals surface area contributed by atoms with E-state index < -0.39 is 0 Å². The van der Waals surface area contributed by atoms with Crippen LogP contribution in [0.1, 0.15) is 58.7 Å². The van der Waals surface area contributed by atoms with Crippen molar-refractivity contribution in [3.8, 4) is 0 Å². The summed E-state index contributed by atoms with van der Waals surface area (Å²) in [4.78, 5) is 4.57. The number of likely N-dealkylation sites (N-methyl/N-ethyl adjacent to an activating group) is 1. The number of imidazole rings is 1. The zero-order chi connectivity index (χ0) is 14.4. The standard InChI is InChI=1S/C17H31N3/c1-4-14-8-7-9-15(12-14)16(18-5-2)13-17-19-10-11-20(17)6-3/h10-11,14-16,18H,4-9,12-13H2,1-3H3. The maximum Gasteiger partial charge on any atom is 0.110 e. The van der Waals surface area contributed by atoms with Crippen LogP contribution < -0.4 is 5.32 Å². The number of nitrogens with zero attached hydrogens (tertiary/aromatic N) is 2. The molecule has 1 N–H and O–H groups in total. The van der Waals surface area contributed by atoms with Crippen molar-refractivity contribution >= 4 is 0 Å². The number of nitrogens with one attached hydrogen (secondary N) is 1. The average molecular weight is 277 g/mol. The minimum Gasteiger partial charge on any atom is -0.335 e. The summed E-state index contributed by atoms with van der Waals surface area (Å²) >= 11 is 0. The average Bonchev–Trinajstić information content (AvgIpc) is 2.94. The Morgan fingerprint density at radius 2 is 2.20 bits per heavy atom. The van der Waals surface area contributed by atoms with E-state index >= 15 is 0 Å². The van der Waals surface area contributed by atoms with Crippen LogP contribution in [0.2, 0.25) is 0 Å². The fourth-order valence-electron chi connectivity index (χ4n) is 3.75. The van der Waals surface area contributed by atoms with Gasteiger partial charge in [-0.3, -0.25) is 0 Å². The Kier molecular flexibility index (Phi) is 6.08. The van der Waals surface area contributed by atoms with Crippen LogP contribution in [-0.4, -0.2) is 22.1 Å². The lowest BCUT2D eigenvalue weighted by atomic mass is 9.76. The Hall–Kier alpha value is -0.830. The summed E-state index contributed by atoms with van der Waals surface area (Å²) in [6.07, 6.45) is 12.1. The maximum absolute atomic E-state index is 4.57. The molecule has 0 saturated heterocycles. The van der Waals surface area contributed by atoms with Gasteiger partial charge in [-0.1, -0.05) is 33.1 Å². The van der Waals surface area contributed by atoms with Gasteiger partial charge in [0.15, 0.2) is 0 Å². The highest BCUT2D eigenvalue weighted by Gasteiger charge is 2.28. The van der Waals surface area contributed by atoms with Crippen molar-refractivity contribution in [2.45, 2.75) is 71.9 Å². The number of rotatable bonds is 7. The Bertz CT molecular complexity index is 385. The van der Waals surface area contributed by atoms with E-state index in [1.807, 2.05) is 6.20 Å². The second-order valence-electron chi connectivity index (χ2n) is 6.20. The summed E-state index contributed by atoms with van der Waals surface area (Å²) < 4.78 is 2.28. The smallest absolute Gasteiger partial charge is 0.110 e. The van der Waals surface area contributed by atoms with E-state index in [1.54, 1.807) is 0 Å². The van der Waals surface area contributed by atoms with E-state index in [1.165, 1.54) is 37.9 Å². The Labute approximate surface area is 124 Å². The lowest BCUT2D eigenvalue weighted by Gasteiger charge is -2.34. The summed E-state index contributed by atoms with van der Waals surface area (Å²) in [5.74, 6) is 3.02. The van der Waals surface area contributed by atoms with Gasteiger partial charge in [-0.2, -0.15) is 0 Å². The molecule has 0 bridgehead atoms. The molecule has 0 aromatic carbocycles. The summed E-state index contributed by atoms with van der Waals surface area (Å²) in [5.41, 5.74) is 0. The predicted molar refractivity (Wildman–Crippen MR) is 84.8 cm³/mol. The fraction of sp³-hybridized carbons (Fsp3) is 0.824. The lowest BCUT2D eigenvalue weighted by Crippen LogP contribution is -2.40. The number of aryl methyl sites for hydroxylation is 1. The Morgan fingerprint density at radius 1 is 1.35 bits per heavy atom. The molecule has 114 valence electrons. The molecular formula is C17H31N3. The number of hydrogen-bond acceptors (Lipinski definition) is 2. The van der Waals surface area contributed by atoms with E-state index in [2.05, 4.69) is 41.8 Å². The summed E-state index contributed by atoms with van der Waals surface area (Å²) in [7, 11) is 0. The van der Waals surface area contributed by atoms with Crippen LogP contribution in [0.5, 0.6) is 0 Å². The third-order valence-electron chi connectivity index (χ3n) is 4.98. The van der Waals surface area contributed by atoms with Gasteiger partial charge in [0.2, 0.25) is 0 Å². The Morgan fingerprint density at radius 3 is 2.90 bits per heavy atom. The third-order valence-corrected chi connectivity index (χ3v) is 4.98. The van der Waals surface area contributed by atoms with Gasteiger partial charge in [0.1, 0.15) is 5.82 Å². The molecular weight excluding hydrogens is 246 g/mol. The molecule has 1 fully saturated rings. The minimum absolute atomic E-state index is 0.599. The molecule has 1 aromatic heterocycles. The van der Waals surface area contributed by atoms with Gasteiger partial charge in [-0.05, 0) is 38.1 Å². The largest absolute Gasteiger partial charge is 0.335 e. The molecule has 1 heterocycles. The highest BCUT2D eigenvalue weighted by molar-refractivity contribution is 4.97. The molecule has 3 heteroatoms. The molecule has 20 heavy (non-hydrogen) atoms. The van der Waals surface area contributed by atoms with Crippen molar-refractivity contribution in [2.24, 2.45) is 11.8 Å². The van der Waals surface area contributed by atoms with Gasteiger partial charge >= 0.3 is 0 Å². The van der Waals surface area contributed by atoms with Crippen LogP contribution in [0.15, 0.2) is 12.4 Å². The van der Waals surface area contributed by atoms with Crippen LogP contribution in [-0.2, 0) is 13.0 Å². The second-order valence-corrected chi connectivity index (χ2v) is 6.20. The predicted octanol–water partition coefficient (Wildman–Crippen LogP) is 3.64. The van der Waals surface area contributed by atoms with E-state index in [9.17, 15) is 0 Å². The van der Waals surface area contributed by atoms with E-state index in [-0.39, 0.29) is 0 Å². The van der Waals surface area contributed by atoms with Crippen LogP contribution in [0, 0.1) is 11.8 Å². The normalized spacial score (nSPS) is 24.8. The van der Waals surface area contributed by atoms with Crippen LogP contribution in [0.3, 0.4) is 0 Å². The molecule has 0 radical (unpaired) electrons. The summed E-state index contributed by atoms with van der Waals surface area (Å²) in [5, 5.41) is 3.73. The molecule has 0 amide bonds. The molecule has 1 saturated carbocycles. The third kappa shape index (κ3) is 3.85. The highest BCUT2D eigenvalue weighted by Crippen LogP contribution is 2.33. The van der Waals surface area contributed by atoms with Gasteiger partial charge < -0.3 is 9.88 Å². The van der Waals surface area contributed by atoms with Gasteiger partial charge in [0.05, 0.1) is 0 Å². The van der Waals surface area contributed by atoms with Crippen molar-refractivity contribution in [3.05, 3.63) is 18.2 Å². The second kappa shape index (κ2) is 7.82. The van der Waals surface area contributed by atoms with E-state index in [0.29, 0.717) is 6.04 Å². The SMILES string of the molecule is CCNC(Cc1nccn1CC)C1CCCC(CC)C1. The molecule has 3 atom stereocenters. The van der Waals surface area contributed by atoms with Crippen LogP contribution >= 0.6 is 0 Å². The van der Waals surface area contributed by atoms with Crippen molar-refractivity contribution in [2.75, 3.05) is 6.54 Å². The fourth-order valence-corrected chi connectivity index (χ4v) is 3.75. The van der Waals surface area contributed by atoms with Gasteiger partial charge in [0.25, 0.3) is 0 Å². The zero-order valence-electron chi connectivity index (χ0n) is 13.4. The minimum atomic E-state index is 0.599. The molecule has 0 aliphatic heterocycles. The zero-order valence-corrected chi connectivity index (χ0v) is 13.4. The van der Waals surface area contributed by atoms with Crippen molar-refractivity contribution in [3.63, 3.8) is 0 Å². The first-order valence-corrected chi connectivity index (χ1v) is 8.51. The Balaban J connectivity index is 2.02. The van der Waals surface area contributed by atoms with E-state index in [0.717, 1.165) is 31.3 Å². The van der Waals surface area contributed by atoms with Crippen molar-refractivity contribution in [1.82, 2.24) is 14.9 Å². The molecule has 1 aromatic rings. The molecule has 3 nitrogen and oxygen atoms in total. The van der Waals surface area contributed by atoms with E-state index in [4.69, 9.17) is 0 Å². The monoisotopic (exact) mass is 277 g/mol. The van der Waals surface area contributed by atoms with Crippen LogP contribution in [0.4, 0.5) is 0 Å². The first kappa shape index (κ1) is 15.6. The van der Waals surface area contributed by atoms with Crippen LogP contribution in [0.25, 0.3) is 0 Å². The lowest BCUT2D eigenvalue weighted by molar-refractivity contribution is 0.206. The topological polar surface area (TPSA) is 29.9 Å². The molecule has 1 aliphatic carbocycles. The number of aromatic nitrogens is 2.